The highest BCUT2D eigenvalue weighted by Gasteiger charge is 2.10. The lowest BCUT2D eigenvalue weighted by atomic mass is 10.3. The summed E-state index contributed by atoms with van der Waals surface area (Å²) >= 11 is 4.81. The molecule has 0 radical (unpaired) electrons. The molecule has 1 N–H and O–H groups in total. The number of fused-ring (bicyclic) bond motifs is 1. The maximum atomic E-state index is 12.1. The van der Waals surface area contributed by atoms with Gasteiger partial charge in [0.25, 0.3) is 0 Å². The number of aromatic nitrogens is 3. The van der Waals surface area contributed by atoms with E-state index in [9.17, 15) is 4.79 Å². The molecule has 4 aromatic heterocycles. The van der Waals surface area contributed by atoms with E-state index in [1.165, 1.54) is 0 Å². The van der Waals surface area contributed by atoms with Crippen LogP contribution in [0, 0.1) is 0 Å². The van der Waals surface area contributed by atoms with Crippen LogP contribution in [0.15, 0.2) is 40.7 Å². The number of thiophene rings is 1. The number of imidazole rings is 1. The molecule has 0 saturated carbocycles. The normalized spacial score (nSPS) is 11.1. The Labute approximate surface area is 144 Å². The highest BCUT2D eigenvalue weighted by atomic mass is 32.1. The van der Waals surface area contributed by atoms with Gasteiger partial charge in [0.2, 0.25) is 5.91 Å². The van der Waals surface area contributed by atoms with Gasteiger partial charge in [0, 0.05) is 23.2 Å². The van der Waals surface area contributed by atoms with Crippen molar-refractivity contribution in [1.82, 2.24) is 19.7 Å². The molecule has 0 atom stereocenters. The predicted molar refractivity (Wildman–Crippen MR) is 94.0 cm³/mol. The average molecular weight is 360 g/mol. The monoisotopic (exact) mass is 360 g/mol. The van der Waals surface area contributed by atoms with Gasteiger partial charge in [0.05, 0.1) is 29.2 Å². The van der Waals surface area contributed by atoms with E-state index in [0.717, 1.165) is 26.2 Å². The zero-order valence-electron chi connectivity index (χ0n) is 11.9. The molecule has 0 aliphatic carbocycles. The molecule has 5 nitrogen and oxygen atoms in total. The van der Waals surface area contributed by atoms with E-state index in [2.05, 4.69) is 15.3 Å². The first-order chi connectivity index (χ1) is 11.3. The second-order valence-corrected chi connectivity index (χ2v) is 7.58. The molecular weight excluding hydrogens is 348 g/mol. The molecule has 4 rings (SSSR count). The molecule has 1 amide bonds. The highest BCUT2D eigenvalue weighted by molar-refractivity contribution is 7.20. The smallest absolute Gasteiger partial charge is 0.226 e. The van der Waals surface area contributed by atoms with Crippen LogP contribution in [0.25, 0.3) is 14.8 Å². The molecule has 0 spiro atoms. The Hall–Kier alpha value is -2.03. The van der Waals surface area contributed by atoms with Crippen LogP contribution in [0.4, 0.5) is 0 Å². The van der Waals surface area contributed by atoms with Gasteiger partial charge >= 0.3 is 0 Å². The van der Waals surface area contributed by atoms with Gasteiger partial charge in [-0.15, -0.1) is 34.0 Å². The fraction of sp³-hybridized carbons (Fsp3) is 0.133. The van der Waals surface area contributed by atoms with Crippen LogP contribution < -0.4 is 5.32 Å². The Kier molecular flexibility index (Phi) is 3.94. The summed E-state index contributed by atoms with van der Waals surface area (Å²) in [4.78, 5) is 23.1. The van der Waals surface area contributed by atoms with Gasteiger partial charge in [-0.3, -0.25) is 9.20 Å². The maximum absolute atomic E-state index is 12.1. The number of rotatable bonds is 5. The number of hydrogen-bond acceptors (Lipinski definition) is 6. The summed E-state index contributed by atoms with van der Waals surface area (Å²) in [5.41, 5.74) is 1.67. The summed E-state index contributed by atoms with van der Waals surface area (Å²) < 4.78 is 1.96. The predicted octanol–water partition coefficient (Wildman–Crippen LogP) is 3.44. The van der Waals surface area contributed by atoms with Crippen molar-refractivity contribution in [3.05, 3.63) is 52.1 Å². The van der Waals surface area contributed by atoms with Gasteiger partial charge in [-0.1, -0.05) is 6.07 Å². The van der Waals surface area contributed by atoms with Crippen molar-refractivity contribution in [3.8, 4) is 9.88 Å². The fourth-order valence-electron chi connectivity index (χ4n) is 2.18. The topological polar surface area (TPSA) is 59.3 Å². The molecule has 4 heterocycles. The number of carbonyl (C=O) groups is 1. The molecule has 23 heavy (non-hydrogen) atoms. The molecule has 0 aliphatic heterocycles. The van der Waals surface area contributed by atoms with Crippen molar-refractivity contribution >= 4 is 44.9 Å². The third kappa shape index (κ3) is 3.19. The average Bonchev–Trinajstić information content (AvgIpc) is 3.28. The number of hydrogen-bond donors (Lipinski definition) is 1. The third-order valence-corrected chi connectivity index (χ3v) is 5.94. The van der Waals surface area contributed by atoms with Gasteiger partial charge in [-0.05, 0) is 11.4 Å². The Morgan fingerprint density at radius 1 is 1.17 bits per heavy atom. The molecule has 0 aromatic carbocycles. The largest absolute Gasteiger partial charge is 0.350 e. The molecule has 0 bridgehead atoms. The maximum Gasteiger partial charge on any atom is 0.226 e. The number of nitrogens with one attached hydrogen (secondary N) is 1. The van der Waals surface area contributed by atoms with Crippen LogP contribution in [-0.4, -0.2) is 20.3 Å². The molecule has 4 aromatic rings. The van der Waals surface area contributed by atoms with E-state index in [1.54, 1.807) is 34.0 Å². The Morgan fingerprint density at radius 2 is 2.13 bits per heavy atom. The van der Waals surface area contributed by atoms with Crippen LogP contribution >= 0.6 is 34.0 Å². The van der Waals surface area contributed by atoms with Crippen LogP contribution in [0.3, 0.4) is 0 Å². The van der Waals surface area contributed by atoms with Crippen molar-refractivity contribution in [3.63, 3.8) is 0 Å². The second-order valence-electron chi connectivity index (χ2n) is 4.90. The van der Waals surface area contributed by atoms with Gasteiger partial charge in [0.15, 0.2) is 4.96 Å². The molecule has 0 unspecified atom stereocenters. The Morgan fingerprint density at radius 3 is 2.96 bits per heavy atom. The molecule has 0 saturated heterocycles. The highest BCUT2D eigenvalue weighted by Crippen LogP contribution is 2.27. The first-order valence-electron chi connectivity index (χ1n) is 6.94. The number of amides is 1. The minimum atomic E-state index is -0.0376. The Bertz CT molecular complexity index is 907. The third-order valence-electron chi connectivity index (χ3n) is 3.24. The van der Waals surface area contributed by atoms with Gasteiger partial charge in [-0.25, -0.2) is 9.97 Å². The van der Waals surface area contributed by atoms with Crippen molar-refractivity contribution in [1.29, 1.82) is 0 Å². The summed E-state index contributed by atoms with van der Waals surface area (Å²) in [5, 5.41) is 9.83. The van der Waals surface area contributed by atoms with Crippen molar-refractivity contribution < 1.29 is 4.79 Å². The van der Waals surface area contributed by atoms with Gasteiger partial charge < -0.3 is 5.32 Å². The summed E-state index contributed by atoms with van der Waals surface area (Å²) in [6.45, 7) is 0.440. The lowest BCUT2D eigenvalue weighted by Gasteiger charge is -2.01. The van der Waals surface area contributed by atoms with Crippen LogP contribution in [0.2, 0.25) is 0 Å². The zero-order valence-corrected chi connectivity index (χ0v) is 14.4. The summed E-state index contributed by atoms with van der Waals surface area (Å²) in [7, 11) is 0. The quantitative estimate of drug-likeness (QED) is 0.593. The molecule has 0 fully saturated rings. The SMILES string of the molecule is O=C(Cc1csc(-c2cccs2)n1)NCc1cn2ccsc2n1. The van der Waals surface area contributed by atoms with Crippen LogP contribution in [0.5, 0.6) is 0 Å². The molecule has 8 heteroatoms. The minimum absolute atomic E-state index is 0.0376. The van der Waals surface area contributed by atoms with E-state index in [1.807, 2.05) is 45.1 Å². The molecule has 0 aliphatic rings. The zero-order chi connectivity index (χ0) is 15.6. The van der Waals surface area contributed by atoms with Crippen molar-refractivity contribution in [2.75, 3.05) is 0 Å². The van der Waals surface area contributed by atoms with E-state index in [4.69, 9.17) is 0 Å². The lowest BCUT2D eigenvalue weighted by molar-refractivity contribution is -0.120. The van der Waals surface area contributed by atoms with Gasteiger partial charge in [-0.2, -0.15) is 0 Å². The van der Waals surface area contributed by atoms with Crippen LogP contribution in [-0.2, 0) is 17.8 Å². The van der Waals surface area contributed by atoms with E-state index >= 15 is 0 Å². The molecule has 116 valence electrons. The molecular formula is C15H12N4OS3. The van der Waals surface area contributed by atoms with Crippen LogP contribution in [0.1, 0.15) is 11.4 Å². The number of carbonyl (C=O) groups excluding carboxylic acids is 1. The number of thiazole rings is 2. The van der Waals surface area contributed by atoms with E-state index in [0.29, 0.717) is 13.0 Å². The van der Waals surface area contributed by atoms with Crippen molar-refractivity contribution in [2.45, 2.75) is 13.0 Å². The van der Waals surface area contributed by atoms with E-state index in [-0.39, 0.29) is 5.91 Å². The summed E-state index contributed by atoms with van der Waals surface area (Å²) in [6, 6.07) is 4.04. The first-order valence-corrected chi connectivity index (χ1v) is 9.58. The standard InChI is InChI=1S/C15H12N4OS3/c20-13(16-7-11-8-19-3-5-22-15(19)18-11)6-10-9-23-14(17-10)12-2-1-4-21-12/h1-5,8-9H,6-7H2,(H,16,20). The second kappa shape index (κ2) is 6.23. The fourth-order valence-corrected chi connectivity index (χ4v) is 4.53. The minimum Gasteiger partial charge on any atom is -0.350 e. The van der Waals surface area contributed by atoms with Gasteiger partial charge in [0.1, 0.15) is 5.01 Å². The number of nitrogens with zero attached hydrogens (tertiary/aromatic N) is 3. The summed E-state index contributed by atoms with van der Waals surface area (Å²) in [6.07, 6.45) is 4.19. The lowest BCUT2D eigenvalue weighted by Crippen LogP contribution is -2.24. The summed E-state index contributed by atoms with van der Waals surface area (Å²) in [5.74, 6) is -0.0376. The van der Waals surface area contributed by atoms with Crippen molar-refractivity contribution in [2.24, 2.45) is 0 Å². The Balaban J connectivity index is 1.35. The van der Waals surface area contributed by atoms with E-state index < -0.39 is 0 Å². The first kappa shape index (κ1) is 14.6.